The number of hydrogen-bond donors (Lipinski definition) is 1. The summed E-state index contributed by atoms with van der Waals surface area (Å²) in [7, 11) is 0. The van der Waals surface area contributed by atoms with Gasteiger partial charge < -0.3 is 4.74 Å². The van der Waals surface area contributed by atoms with Crippen molar-refractivity contribution in [2.45, 2.75) is 53.1 Å². The Kier molecular flexibility index (Phi) is 5.36. The Hall–Kier alpha value is -2.95. The maximum Gasteiger partial charge on any atom is 0.312 e. The monoisotopic (exact) mass is 378 g/mol. The average molecular weight is 378 g/mol. The number of aryl methyl sites for hydroxylation is 2. The number of benzene rings is 2. The zero-order chi connectivity index (χ0) is 20.5. The molecule has 0 aliphatic carbocycles. The maximum atomic E-state index is 12.4. The van der Waals surface area contributed by atoms with E-state index in [2.05, 4.69) is 43.1 Å². The number of H-pyrrole nitrogens is 1. The summed E-state index contributed by atoms with van der Waals surface area (Å²) in [6, 6.07) is 11.4. The summed E-state index contributed by atoms with van der Waals surface area (Å²) < 4.78 is 5.53. The van der Waals surface area contributed by atoms with Crippen molar-refractivity contribution in [2.75, 3.05) is 0 Å². The first-order valence-corrected chi connectivity index (χ1v) is 9.39. The summed E-state index contributed by atoms with van der Waals surface area (Å²) >= 11 is 0. The largest absolute Gasteiger partial charge is 0.460 e. The summed E-state index contributed by atoms with van der Waals surface area (Å²) in [5.74, 6) is -0.372. The summed E-state index contributed by atoms with van der Waals surface area (Å²) in [6.45, 7) is 10.9. The number of nitrogens with one attached hydrogen (secondary N) is 1. The zero-order valence-corrected chi connectivity index (χ0v) is 17.1. The number of aromatic amines is 1. The highest BCUT2D eigenvalue weighted by Crippen LogP contribution is 2.27. The van der Waals surface area contributed by atoms with E-state index >= 15 is 0 Å². The van der Waals surface area contributed by atoms with Crippen LogP contribution in [-0.4, -0.2) is 16.2 Å². The van der Waals surface area contributed by atoms with Crippen LogP contribution in [0.3, 0.4) is 0 Å². The molecule has 3 rings (SSSR count). The van der Waals surface area contributed by atoms with E-state index in [9.17, 15) is 9.59 Å². The van der Waals surface area contributed by atoms with E-state index in [0.29, 0.717) is 16.5 Å². The van der Waals surface area contributed by atoms with Crippen molar-refractivity contribution < 1.29 is 9.53 Å². The van der Waals surface area contributed by atoms with Crippen LogP contribution in [0.15, 0.2) is 41.2 Å². The molecule has 1 N–H and O–H groups in total. The number of fused-ring (bicyclic) bond motifs is 1. The third-order valence-corrected chi connectivity index (χ3v) is 5.03. The van der Waals surface area contributed by atoms with Gasteiger partial charge in [0, 0.05) is 5.39 Å². The highest BCUT2D eigenvalue weighted by atomic mass is 16.5. The summed E-state index contributed by atoms with van der Waals surface area (Å²) in [5, 5.41) is 7.67. The van der Waals surface area contributed by atoms with E-state index < -0.39 is 0 Å². The summed E-state index contributed by atoms with van der Waals surface area (Å²) in [6.07, 6.45) is 0.00939. The molecule has 2 aromatic carbocycles. The van der Waals surface area contributed by atoms with Crippen molar-refractivity contribution in [3.05, 3.63) is 74.7 Å². The Bertz CT molecular complexity index is 1070. The topological polar surface area (TPSA) is 72.0 Å². The number of hydrogen-bond acceptors (Lipinski definition) is 4. The molecule has 5 nitrogen and oxygen atoms in total. The minimum absolute atomic E-state index is 0.00939. The molecular weight excluding hydrogens is 352 g/mol. The molecule has 0 radical (unpaired) electrons. The van der Waals surface area contributed by atoms with Gasteiger partial charge in [-0.15, -0.1) is 0 Å². The fourth-order valence-electron chi connectivity index (χ4n) is 3.30. The molecule has 0 saturated heterocycles. The summed E-state index contributed by atoms with van der Waals surface area (Å²) in [5.41, 5.74) is 4.84. The summed E-state index contributed by atoms with van der Waals surface area (Å²) in [4.78, 5) is 24.3. The third-order valence-electron chi connectivity index (χ3n) is 5.03. The zero-order valence-electron chi connectivity index (χ0n) is 17.1. The van der Waals surface area contributed by atoms with Crippen LogP contribution in [0.5, 0.6) is 0 Å². The van der Waals surface area contributed by atoms with Crippen LogP contribution in [0.4, 0.5) is 0 Å². The maximum absolute atomic E-state index is 12.4. The Balaban J connectivity index is 1.76. The fraction of sp³-hybridized carbons (Fsp3) is 0.348. The van der Waals surface area contributed by atoms with Gasteiger partial charge in [0.1, 0.15) is 6.61 Å². The molecule has 0 unspecified atom stereocenters. The van der Waals surface area contributed by atoms with Crippen LogP contribution in [0.1, 0.15) is 48.7 Å². The number of esters is 1. The molecule has 0 aliphatic heterocycles. The van der Waals surface area contributed by atoms with Gasteiger partial charge >= 0.3 is 5.97 Å². The van der Waals surface area contributed by atoms with Gasteiger partial charge in [0.15, 0.2) is 0 Å². The molecule has 0 spiro atoms. The Morgan fingerprint density at radius 3 is 2.29 bits per heavy atom. The fourth-order valence-corrected chi connectivity index (χ4v) is 3.30. The first-order valence-electron chi connectivity index (χ1n) is 9.39. The molecule has 0 fully saturated rings. The average Bonchev–Trinajstić information content (AvgIpc) is 2.63. The molecule has 0 bridgehead atoms. The molecule has 3 aromatic rings. The van der Waals surface area contributed by atoms with Crippen molar-refractivity contribution >= 4 is 16.7 Å². The number of nitrogens with zero attached hydrogens (tertiary/aromatic N) is 1. The Labute approximate surface area is 164 Å². The first-order chi connectivity index (χ1) is 13.2. The normalized spacial score (nSPS) is 11.6. The van der Waals surface area contributed by atoms with Gasteiger partial charge in [-0.3, -0.25) is 9.59 Å². The number of carbonyl (C=O) groups is 1. The second kappa shape index (κ2) is 7.58. The number of aromatic nitrogens is 2. The predicted octanol–water partition coefficient (Wildman–Crippen LogP) is 4.12. The van der Waals surface area contributed by atoms with Crippen molar-refractivity contribution in [2.24, 2.45) is 0 Å². The van der Waals surface area contributed by atoms with E-state index in [0.717, 1.165) is 16.7 Å². The molecule has 0 saturated carbocycles. The molecule has 5 heteroatoms. The second-order valence-electron chi connectivity index (χ2n) is 8.22. The van der Waals surface area contributed by atoms with Gasteiger partial charge in [0.25, 0.3) is 5.56 Å². The molecule has 28 heavy (non-hydrogen) atoms. The molecule has 0 amide bonds. The van der Waals surface area contributed by atoms with E-state index in [-0.39, 0.29) is 30.0 Å². The van der Waals surface area contributed by atoms with Gasteiger partial charge in [0.2, 0.25) is 0 Å². The van der Waals surface area contributed by atoms with Crippen molar-refractivity contribution in [3.8, 4) is 0 Å². The Morgan fingerprint density at radius 1 is 1.07 bits per heavy atom. The van der Waals surface area contributed by atoms with Crippen molar-refractivity contribution in [1.29, 1.82) is 0 Å². The number of carbonyl (C=O) groups excluding carboxylic acids is 1. The molecule has 0 aliphatic rings. The molecule has 1 heterocycles. The van der Waals surface area contributed by atoms with E-state index in [1.165, 1.54) is 5.56 Å². The van der Waals surface area contributed by atoms with Crippen LogP contribution in [0.2, 0.25) is 0 Å². The van der Waals surface area contributed by atoms with E-state index in [4.69, 9.17) is 4.74 Å². The minimum Gasteiger partial charge on any atom is -0.460 e. The molecular formula is C23H26N2O3. The first kappa shape index (κ1) is 19.8. The molecule has 1 aromatic heterocycles. The van der Waals surface area contributed by atoms with Gasteiger partial charge in [-0.1, -0.05) is 51.1 Å². The highest BCUT2D eigenvalue weighted by Gasteiger charge is 2.17. The van der Waals surface area contributed by atoms with Crippen LogP contribution < -0.4 is 5.56 Å². The quantitative estimate of drug-likeness (QED) is 0.693. The molecule has 146 valence electrons. The number of ether oxygens (including phenoxy) is 1. The SMILES string of the molecule is Cc1cc(C(C)(C)C)cc(C)c1COC(=O)Cc1n[nH]c(=O)c2ccccc12. The lowest BCUT2D eigenvalue weighted by Gasteiger charge is -2.22. The van der Waals surface area contributed by atoms with Crippen LogP contribution in [0, 0.1) is 13.8 Å². The van der Waals surface area contributed by atoms with Crippen molar-refractivity contribution in [3.63, 3.8) is 0 Å². The highest BCUT2D eigenvalue weighted by molar-refractivity contribution is 5.86. The van der Waals surface area contributed by atoms with Gasteiger partial charge in [-0.2, -0.15) is 5.10 Å². The van der Waals surface area contributed by atoms with E-state index in [1.54, 1.807) is 18.2 Å². The van der Waals surface area contributed by atoms with Crippen LogP contribution in [-0.2, 0) is 28.0 Å². The van der Waals surface area contributed by atoms with Gasteiger partial charge in [0.05, 0.1) is 17.5 Å². The van der Waals surface area contributed by atoms with Crippen molar-refractivity contribution in [1.82, 2.24) is 10.2 Å². The smallest absolute Gasteiger partial charge is 0.312 e. The van der Waals surface area contributed by atoms with Gasteiger partial charge in [-0.05, 0) is 47.6 Å². The molecule has 0 atom stereocenters. The third kappa shape index (κ3) is 4.14. The van der Waals surface area contributed by atoms with Gasteiger partial charge in [-0.25, -0.2) is 5.10 Å². The van der Waals surface area contributed by atoms with Crippen LogP contribution >= 0.6 is 0 Å². The lowest BCUT2D eigenvalue weighted by atomic mass is 9.84. The second-order valence-corrected chi connectivity index (χ2v) is 8.22. The lowest BCUT2D eigenvalue weighted by molar-refractivity contribution is -0.144. The lowest BCUT2D eigenvalue weighted by Crippen LogP contribution is -2.16. The predicted molar refractivity (Wildman–Crippen MR) is 110 cm³/mol. The van der Waals surface area contributed by atoms with E-state index in [1.807, 2.05) is 19.9 Å². The minimum atomic E-state index is -0.372. The van der Waals surface area contributed by atoms with Crippen LogP contribution in [0.25, 0.3) is 10.8 Å². The number of rotatable bonds is 4. The Morgan fingerprint density at radius 2 is 1.68 bits per heavy atom. The standard InChI is InChI=1S/C23H26N2O3/c1-14-10-16(23(3,4)5)11-15(2)19(14)13-28-21(26)12-20-17-8-6-7-9-18(17)22(27)25-24-20/h6-11H,12-13H2,1-5H3,(H,25,27).